The van der Waals surface area contributed by atoms with Crippen molar-refractivity contribution in [1.82, 2.24) is 14.9 Å². The summed E-state index contributed by atoms with van der Waals surface area (Å²) in [4.78, 5) is 10.7. The van der Waals surface area contributed by atoms with Gasteiger partial charge in [-0.05, 0) is 31.3 Å². The van der Waals surface area contributed by atoms with Gasteiger partial charge >= 0.3 is 5.97 Å². The Hall–Kier alpha value is -3.26. The minimum absolute atomic E-state index is 0.348. The first kappa shape index (κ1) is 17.6. The van der Waals surface area contributed by atoms with Crippen LogP contribution in [0.25, 0.3) is 11.4 Å². The Labute approximate surface area is 154 Å². The number of hydrogen-bond donors (Lipinski definition) is 2. The summed E-state index contributed by atoms with van der Waals surface area (Å²) in [6, 6.07) is 14.9. The van der Waals surface area contributed by atoms with Crippen molar-refractivity contribution in [2.45, 2.75) is 6.92 Å². The predicted molar refractivity (Wildman–Crippen MR) is 100 cm³/mol. The highest BCUT2D eigenvalue weighted by molar-refractivity contribution is 7.71. The second-order valence-corrected chi connectivity index (χ2v) is 5.88. The van der Waals surface area contributed by atoms with Crippen molar-refractivity contribution < 1.29 is 14.6 Å². The van der Waals surface area contributed by atoms with Crippen LogP contribution >= 0.6 is 12.2 Å². The van der Waals surface area contributed by atoms with Gasteiger partial charge in [-0.2, -0.15) is 14.9 Å². The number of carbonyl (C=O) groups is 1. The molecule has 0 aliphatic carbocycles. The summed E-state index contributed by atoms with van der Waals surface area (Å²) < 4.78 is 7.13. The second-order valence-electron chi connectivity index (χ2n) is 5.50. The molecule has 26 heavy (non-hydrogen) atoms. The molecule has 0 spiro atoms. The number of hydrogen-bond acceptors (Lipinski definition) is 5. The molecule has 8 heteroatoms. The molecule has 3 rings (SSSR count). The van der Waals surface area contributed by atoms with Gasteiger partial charge in [-0.15, -0.1) is 0 Å². The molecule has 132 valence electrons. The standard InChI is InChI=1S/C18H16N4O3S/c1-12-6-8-13(9-7-12)17-20-21-18(26)22(17)19-10-14-4-2-3-5-15(14)25-11-16(23)24/h2-10H,11H2,1H3,(H,21,26)(H,23,24). The fourth-order valence-electron chi connectivity index (χ4n) is 2.27. The Morgan fingerprint density at radius 3 is 2.77 bits per heavy atom. The zero-order valence-electron chi connectivity index (χ0n) is 13.9. The Bertz CT molecular complexity index is 1010. The lowest BCUT2D eigenvalue weighted by Crippen LogP contribution is -2.10. The van der Waals surface area contributed by atoms with Crippen LogP contribution in [0.1, 0.15) is 11.1 Å². The van der Waals surface area contributed by atoms with Crippen molar-refractivity contribution in [1.29, 1.82) is 0 Å². The topological polar surface area (TPSA) is 92.5 Å². The van der Waals surface area contributed by atoms with Crippen LogP contribution < -0.4 is 4.74 Å². The number of nitrogens with zero attached hydrogens (tertiary/aromatic N) is 3. The van der Waals surface area contributed by atoms with Gasteiger partial charge in [0.15, 0.2) is 12.4 Å². The Morgan fingerprint density at radius 2 is 2.04 bits per heavy atom. The summed E-state index contributed by atoms with van der Waals surface area (Å²) in [5.74, 6) is -0.0452. The molecule has 2 N–H and O–H groups in total. The number of benzene rings is 2. The van der Waals surface area contributed by atoms with Gasteiger partial charge in [0.05, 0.1) is 6.21 Å². The number of ether oxygens (including phenoxy) is 1. The van der Waals surface area contributed by atoms with Crippen LogP contribution in [-0.2, 0) is 4.79 Å². The number of rotatable bonds is 6. The molecule has 0 aliphatic heterocycles. The van der Waals surface area contributed by atoms with Gasteiger partial charge in [-0.1, -0.05) is 42.0 Å². The molecule has 0 unspecified atom stereocenters. The van der Waals surface area contributed by atoms with E-state index in [1.54, 1.807) is 24.4 Å². The van der Waals surface area contributed by atoms with E-state index >= 15 is 0 Å². The van der Waals surface area contributed by atoms with E-state index in [4.69, 9.17) is 22.1 Å². The molecule has 0 atom stereocenters. The van der Waals surface area contributed by atoms with E-state index < -0.39 is 12.6 Å². The smallest absolute Gasteiger partial charge is 0.341 e. The normalized spacial score (nSPS) is 11.0. The largest absolute Gasteiger partial charge is 0.481 e. The second kappa shape index (κ2) is 7.75. The molecule has 0 amide bonds. The lowest BCUT2D eigenvalue weighted by atomic mass is 10.1. The minimum Gasteiger partial charge on any atom is -0.481 e. The maximum Gasteiger partial charge on any atom is 0.341 e. The Morgan fingerprint density at radius 1 is 1.31 bits per heavy atom. The van der Waals surface area contributed by atoms with Crippen LogP contribution in [0.3, 0.4) is 0 Å². The van der Waals surface area contributed by atoms with E-state index in [2.05, 4.69) is 15.3 Å². The molecule has 0 saturated heterocycles. The van der Waals surface area contributed by atoms with Gasteiger partial charge in [0.1, 0.15) is 5.75 Å². The molecule has 0 bridgehead atoms. The van der Waals surface area contributed by atoms with E-state index in [1.807, 2.05) is 37.3 Å². The number of para-hydroxylation sites is 1. The van der Waals surface area contributed by atoms with Gasteiger partial charge in [-0.3, -0.25) is 0 Å². The van der Waals surface area contributed by atoms with Gasteiger partial charge < -0.3 is 9.84 Å². The van der Waals surface area contributed by atoms with Crippen molar-refractivity contribution in [2.24, 2.45) is 5.10 Å². The first-order chi connectivity index (χ1) is 12.5. The first-order valence-corrected chi connectivity index (χ1v) is 8.18. The first-order valence-electron chi connectivity index (χ1n) is 7.77. The Balaban J connectivity index is 1.93. The van der Waals surface area contributed by atoms with Crippen LogP contribution in [0.4, 0.5) is 0 Å². The molecular weight excluding hydrogens is 352 g/mol. The van der Waals surface area contributed by atoms with Crippen LogP contribution in [0.5, 0.6) is 5.75 Å². The number of aliphatic carboxylic acids is 1. The number of aromatic amines is 1. The van der Waals surface area contributed by atoms with Gasteiger partial charge in [-0.25, -0.2) is 9.89 Å². The van der Waals surface area contributed by atoms with E-state index in [0.29, 0.717) is 21.9 Å². The van der Waals surface area contributed by atoms with Crippen molar-refractivity contribution in [2.75, 3.05) is 6.61 Å². The van der Waals surface area contributed by atoms with Gasteiger partial charge in [0.25, 0.3) is 0 Å². The van der Waals surface area contributed by atoms with E-state index in [0.717, 1.165) is 11.1 Å². The minimum atomic E-state index is -1.05. The van der Waals surface area contributed by atoms with Crippen molar-refractivity contribution in [3.63, 3.8) is 0 Å². The number of H-pyrrole nitrogens is 1. The summed E-state index contributed by atoms with van der Waals surface area (Å²) in [7, 11) is 0. The average Bonchev–Trinajstić information content (AvgIpc) is 3.00. The predicted octanol–water partition coefficient (Wildman–Crippen LogP) is 3.26. The lowest BCUT2D eigenvalue weighted by Gasteiger charge is -2.06. The van der Waals surface area contributed by atoms with Crippen LogP contribution in [0.15, 0.2) is 53.6 Å². The molecule has 7 nitrogen and oxygen atoms in total. The number of aromatic nitrogens is 3. The molecule has 0 radical (unpaired) electrons. The van der Waals surface area contributed by atoms with Crippen LogP contribution in [0.2, 0.25) is 0 Å². The highest BCUT2D eigenvalue weighted by atomic mass is 32.1. The SMILES string of the molecule is Cc1ccc(-c2n[nH]c(=S)n2N=Cc2ccccc2OCC(=O)O)cc1. The third-order valence-electron chi connectivity index (χ3n) is 3.54. The van der Waals surface area contributed by atoms with Crippen molar-refractivity contribution in [3.8, 4) is 17.1 Å². The third-order valence-corrected chi connectivity index (χ3v) is 3.81. The molecular formula is C18H16N4O3S. The Kier molecular flexibility index (Phi) is 5.23. The van der Waals surface area contributed by atoms with E-state index in [-0.39, 0.29) is 0 Å². The fourth-order valence-corrected chi connectivity index (χ4v) is 2.45. The van der Waals surface area contributed by atoms with E-state index in [9.17, 15) is 4.79 Å². The average molecular weight is 368 g/mol. The van der Waals surface area contributed by atoms with Crippen LogP contribution in [-0.4, -0.2) is 38.8 Å². The summed E-state index contributed by atoms with van der Waals surface area (Å²) in [6.45, 7) is 1.58. The maximum absolute atomic E-state index is 10.7. The molecule has 3 aromatic rings. The molecule has 0 fully saturated rings. The molecule has 1 aromatic heterocycles. The number of carboxylic acid groups (broad SMARTS) is 1. The number of nitrogens with one attached hydrogen (secondary N) is 1. The monoisotopic (exact) mass is 368 g/mol. The zero-order valence-corrected chi connectivity index (χ0v) is 14.7. The molecule has 0 saturated carbocycles. The van der Waals surface area contributed by atoms with Gasteiger partial charge in [0, 0.05) is 11.1 Å². The zero-order chi connectivity index (χ0) is 18.5. The van der Waals surface area contributed by atoms with Gasteiger partial charge in [0.2, 0.25) is 4.77 Å². The summed E-state index contributed by atoms with van der Waals surface area (Å²) in [5, 5.41) is 20.1. The highest BCUT2D eigenvalue weighted by Gasteiger charge is 2.08. The molecule has 0 aliphatic rings. The number of carboxylic acids is 1. The summed E-state index contributed by atoms with van der Waals surface area (Å²) >= 11 is 5.25. The third kappa shape index (κ3) is 4.04. The molecule has 2 aromatic carbocycles. The van der Waals surface area contributed by atoms with Crippen molar-refractivity contribution >= 4 is 24.4 Å². The summed E-state index contributed by atoms with van der Waals surface area (Å²) in [5.41, 5.74) is 2.64. The highest BCUT2D eigenvalue weighted by Crippen LogP contribution is 2.19. The number of aryl methyl sites for hydroxylation is 1. The maximum atomic E-state index is 10.7. The summed E-state index contributed by atoms with van der Waals surface area (Å²) in [6.07, 6.45) is 1.56. The molecule has 1 heterocycles. The van der Waals surface area contributed by atoms with Crippen LogP contribution in [0, 0.1) is 11.7 Å². The lowest BCUT2D eigenvalue weighted by molar-refractivity contribution is -0.139. The van der Waals surface area contributed by atoms with E-state index in [1.165, 1.54) is 4.68 Å². The quantitative estimate of drug-likeness (QED) is 0.515. The van der Waals surface area contributed by atoms with Crippen molar-refractivity contribution in [3.05, 3.63) is 64.4 Å². The fraction of sp³-hybridized carbons (Fsp3) is 0.111.